The number of sulfone groups is 1. The summed E-state index contributed by atoms with van der Waals surface area (Å²) in [6.07, 6.45) is 6.46. The molecule has 0 aliphatic heterocycles. The number of rotatable bonds is 5. The van der Waals surface area contributed by atoms with Gasteiger partial charge in [-0.05, 0) is 53.1 Å². The van der Waals surface area contributed by atoms with Crippen molar-refractivity contribution in [2.75, 3.05) is 11.5 Å². The molecule has 10 heteroatoms. The Morgan fingerprint density at radius 2 is 1.30 bits per heavy atom. The Labute approximate surface area is 225 Å². The van der Waals surface area contributed by atoms with Crippen LogP contribution in [0.25, 0.3) is 22.3 Å². The van der Waals surface area contributed by atoms with E-state index in [0.29, 0.717) is 32.4 Å². The van der Waals surface area contributed by atoms with E-state index in [1.165, 1.54) is 0 Å². The molecule has 0 atom stereocenters. The lowest BCUT2D eigenvalue weighted by Crippen LogP contribution is -2.06. The second kappa shape index (κ2) is 12.3. The van der Waals surface area contributed by atoms with Gasteiger partial charge in [0.25, 0.3) is 0 Å². The second-order valence-electron chi connectivity index (χ2n) is 7.88. The first-order valence-electron chi connectivity index (χ1n) is 10.9. The Hall–Kier alpha value is -3.95. The molecule has 0 amide bonds. The highest BCUT2D eigenvalue weighted by Crippen LogP contribution is 2.27. The quantitative estimate of drug-likeness (QED) is 0.319. The summed E-state index contributed by atoms with van der Waals surface area (Å²) in [6.45, 7) is 1.62. The van der Waals surface area contributed by atoms with Crippen molar-refractivity contribution in [2.45, 2.75) is 12.7 Å². The molecule has 0 bridgehead atoms. The predicted molar refractivity (Wildman–Crippen MR) is 146 cm³/mol. The van der Waals surface area contributed by atoms with Crippen molar-refractivity contribution in [3.05, 3.63) is 100 Å². The van der Waals surface area contributed by atoms with Crippen LogP contribution in [0.5, 0.6) is 0 Å². The normalized spacial score (nSPS) is 10.5. The van der Waals surface area contributed by atoms with Gasteiger partial charge in [0.2, 0.25) is 0 Å². The summed E-state index contributed by atoms with van der Waals surface area (Å²) in [5, 5.41) is 18.4. The fourth-order valence-electron chi connectivity index (χ4n) is 3.27. The van der Waals surface area contributed by atoms with Crippen LogP contribution in [0.4, 0.5) is 5.69 Å². The fourth-order valence-corrected chi connectivity index (χ4v) is 4.58. The van der Waals surface area contributed by atoms with E-state index in [0.717, 1.165) is 22.3 Å². The topological polar surface area (TPSA) is 134 Å². The Bertz CT molecular complexity index is 1630. The number of anilines is 1. The minimum atomic E-state index is -3.10. The molecule has 0 aliphatic carbocycles. The van der Waals surface area contributed by atoms with Gasteiger partial charge in [-0.25, -0.2) is 8.42 Å². The van der Waals surface area contributed by atoms with E-state index < -0.39 is 9.84 Å². The Kier molecular flexibility index (Phi) is 9.21. The molecule has 4 rings (SSSR count). The van der Waals surface area contributed by atoms with Gasteiger partial charge >= 0.3 is 0 Å². The standard InChI is InChI=1S/C15H13ClN2O2S.C12H8ClN3/c1-2-21(19,20)10-11-5-14(9-18-8-11)12-3-4-13(7-17)15(16)6-12;13-12-4-8(1-2-9(12)5-14)10-3-11(15)7-16-6-10/h3-6,8-9H,2,10H2,1H3;1-4,6-7H,15H2. The maximum absolute atomic E-state index is 11.7. The van der Waals surface area contributed by atoms with Gasteiger partial charge in [0, 0.05) is 41.7 Å². The molecule has 2 N–H and O–H groups in total. The molecule has 7 nitrogen and oxygen atoms in total. The number of nitrogens with two attached hydrogens (primary N) is 1. The molecule has 0 unspecified atom stereocenters. The average molecular weight is 550 g/mol. The highest BCUT2D eigenvalue weighted by atomic mass is 35.5. The van der Waals surface area contributed by atoms with E-state index in [1.54, 1.807) is 68.1 Å². The third kappa shape index (κ3) is 7.52. The summed E-state index contributed by atoms with van der Waals surface area (Å²) in [4.78, 5) is 8.08. The highest BCUT2D eigenvalue weighted by molar-refractivity contribution is 7.90. The van der Waals surface area contributed by atoms with Crippen LogP contribution in [0.2, 0.25) is 10.0 Å². The molecular formula is C27H21Cl2N5O2S. The monoisotopic (exact) mass is 549 g/mol. The molecule has 2 aromatic carbocycles. The molecule has 4 aromatic rings. The predicted octanol–water partition coefficient (Wildman–Crippen LogP) is 6.06. The van der Waals surface area contributed by atoms with Gasteiger partial charge in [0.05, 0.1) is 32.6 Å². The van der Waals surface area contributed by atoms with Crippen molar-refractivity contribution in [1.29, 1.82) is 10.5 Å². The van der Waals surface area contributed by atoms with Crippen LogP contribution in [0.3, 0.4) is 0 Å². The summed E-state index contributed by atoms with van der Waals surface area (Å²) in [7, 11) is -3.10. The number of hydrogen-bond acceptors (Lipinski definition) is 7. The number of nitriles is 2. The van der Waals surface area contributed by atoms with Crippen LogP contribution >= 0.6 is 23.2 Å². The van der Waals surface area contributed by atoms with Crippen molar-refractivity contribution >= 4 is 38.7 Å². The number of aromatic nitrogens is 2. The van der Waals surface area contributed by atoms with E-state index in [9.17, 15) is 8.42 Å². The number of halogens is 2. The maximum atomic E-state index is 11.7. The Morgan fingerprint density at radius 3 is 1.76 bits per heavy atom. The zero-order chi connectivity index (χ0) is 27.0. The number of hydrogen-bond donors (Lipinski definition) is 1. The molecule has 186 valence electrons. The number of nitrogens with zero attached hydrogens (tertiary/aromatic N) is 4. The molecule has 37 heavy (non-hydrogen) atoms. The van der Waals surface area contributed by atoms with Gasteiger partial charge in [-0.1, -0.05) is 42.3 Å². The summed E-state index contributed by atoms with van der Waals surface area (Å²) in [5.41, 5.74) is 11.1. The molecule has 2 heterocycles. The van der Waals surface area contributed by atoms with E-state index in [2.05, 4.69) is 9.97 Å². The minimum absolute atomic E-state index is 0.0334. The smallest absolute Gasteiger partial charge is 0.154 e. The third-order valence-electron chi connectivity index (χ3n) is 5.23. The molecular weight excluding hydrogens is 529 g/mol. The number of nitrogen functional groups attached to an aromatic ring is 1. The van der Waals surface area contributed by atoms with Crippen molar-refractivity contribution in [1.82, 2.24) is 9.97 Å². The van der Waals surface area contributed by atoms with E-state index >= 15 is 0 Å². The Morgan fingerprint density at radius 1 is 0.784 bits per heavy atom. The molecule has 0 saturated heterocycles. The molecule has 2 aromatic heterocycles. The zero-order valence-corrected chi connectivity index (χ0v) is 22.0. The van der Waals surface area contributed by atoms with E-state index in [-0.39, 0.29) is 11.5 Å². The molecule has 0 radical (unpaired) electrons. The van der Waals surface area contributed by atoms with Crippen LogP contribution in [0.1, 0.15) is 23.6 Å². The first kappa shape index (κ1) is 27.6. The lowest BCUT2D eigenvalue weighted by molar-refractivity contribution is 0.596. The summed E-state index contributed by atoms with van der Waals surface area (Å²) >= 11 is 12.0. The zero-order valence-electron chi connectivity index (χ0n) is 19.7. The third-order valence-corrected chi connectivity index (χ3v) is 7.50. The highest BCUT2D eigenvalue weighted by Gasteiger charge is 2.11. The molecule has 0 fully saturated rings. The van der Waals surface area contributed by atoms with Crippen LogP contribution in [0, 0.1) is 22.7 Å². The van der Waals surface area contributed by atoms with E-state index in [1.807, 2.05) is 24.3 Å². The van der Waals surface area contributed by atoms with Crippen LogP contribution in [-0.4, -0.2) is 24.1 Å². The van der Waals surface area contributed by atoms with Crippen molar-refractivity contribution in [2.24, 2.45) is 0 Å². The van der Waals surface area contributed by atoms with Crippen molar-refractivity contribution in [3.63, 3.8) is 0 Å². The van der Waals surface area contributed by atoms with Gasteiger partial charge in [-0.3, -0.25) is 9.97 Å². The van der Waals surface area contributed by atoms with Crippen molar-refractivity contribution in [3.8, 4) is 34.4 Å². The first-order chi connectivity index (χ1) is 17.7. The van der Waals surface area contributed by atoms with Crippen molar-refractivity contribution < 1.29 is 8.42 Å². The SMILES string of the molecule is CCS(=O)(=O)Cc1cncc(-c2ccc(C#N)c(Cl)c2)c1.N#Cc1ccc(-c2cncc(N)c2)cc1Cl. The summed E-state index contributed by atoms with van der Waals surface area (Å²) in [5.74, 6) is 0.0638. The van der Waals surface area contributed by atoms with Crippen LogP contribution < -0.4 is 5.73 Å². The lowest BCUT2D eigenvalue weighted by Gasteiger charge is -2.06. The average Bonchev–Trinajstić information content (AvgIpc) is 2.89. The van der Waals surface area contributed by atoms with Gasteiger partial charge in [-0.15, -0.1) is 0 Å². The largest absolute Gasteiger partial charge is 0.397 e. The first-order valence-corrected chi connectivity index (χ1v) is 13.5. The molecule has 0 saturated carbocycles. The lowest BCUT2D eigenvalue weighted by atomic mass is 10.0. The van der Waals surface area contributed by atoms with Gasteiger partial charge in [-0.2, -0.15) is 10.5 Å². The maximum Gasteiger partial charge on any atom is 0.154 e. The van der Waals surface area contributed by atoms with Crippen LogP contribution in [-0.2, 0) is 15.6 Å². The van der Waals surface area contributed by atoms with Gasteiger partial charge < -0.3 is 5.73 Å². The van der Waals surface area contributed by atoms with Gasteiger partial charge in [0.15, 0.2) is 9.84 Å². The summed E-state index contributed by atoms with van der Waals surface area (Å²) < 4.78 is 23.3. The number of pyridine rings is 2. The second-order valence-corrected chi connectivity index (χ2v) is 11.0. The van der Waals surface area contributed by atoms with Gasteiger partial charge in [0.1, 0.15) is 12.1 Å². The van der Waals surface area contributed by atoms with Crippen LogP contribution in [0.15, 0.2) is 73.3 Å². The molecule has 0 aliphatic rings. The Balaban J connectivity index is 0.000000213. The minimum Gasteiger partial charge on any atom is -0.397 e. The van der Waals surface area contributed by atoms with E-state index in [4.69, 9.17) is 39.5 Å². The fraction of sp³-hybridized carbons (Fsp3) is 0.111. The number of benzene rings is 2. The molecule has 0 spiro atoms. The summed E-state index contributed by atoms with van der Waals surface area (Å²) in [6, 6.07) is 17.9.